The number of para-hydroxylation sites is 1. The second-order valence-corrected chi connectivity index (χ2v) is 16.8. The SMILES string of the molecule is CC1(C)c2cc(N(c3ccccc3)c3cc4c(c5ccccc35)-c3c(ccc5ccccc35)C4(C)C)ccc2-c2cc3sc4ccccc4c3cc21. The van der Waals surface area contributed by atoms with Gasteiger partial charge in [0.1, 0.15) is 0 Å². The van der Waals surface area contributed by atoms with Crippen molar-refractivity contribution in [1.82, 2.24) is 0 Å². The number of hydrogen-bond donors (Lipinski definition) is 0. The van der Waals surface area contributed by atoms with Gasteiger partial charge in [-0.1, -0.05) is 131 Å². The number of thiophene rings is 1. The predicted octanol–water partition coefficient (Wildman–Crippen LogP) is 14.4. The van der Waals surface area contributed by atoms with Gasteiger partial charge < -0.3 is 4.90 Å². The third kappa shape index (κ3) is 3.93. The van der Waals surface area contributed by atoms with Crippen molar-refractivity contribution in [2.45, 2.75) is 38.5 Å². The third-order valence-corrected chi connectivity index (χ3v) is 13.4. The van der Waals surface area contributed by atoms with Gasteiger partial charge in [0.15, 0.2) is 0 Å². The second-order valence-electron chi connectivity index (χ2n) is 15.7. The molecule has 0 aliphatic heterocycles. The highest BCUT2D eigenvalue weighted by atomic mass is 32.1. The fraction of sp³-hybridized carbons (Fsp3) is 0.120. The minimum atomic E-state index is -0.158. The van der Waals surface area contributed by atoms with Crippen molar-refractivity contribution in [2.75, 3.05) is 4.90 Å². The molecule has 248 valence electrons. The minimum absolute atomic E-state index is 0.148. The Hall–Kier alpha value is -5.70. The van der Waals surface area contributed by atoms with Gasteiger partial charge in [-0.05, 0) is 109 Å². The van der Waals surface area contributed by atoms with Crippen LogP contribution in [0.4, 0.5) is 17.1 Å². The Kier molecular flexibility index (Phi) is 6.02. The summed E-state index contributed by atoms with van der Waals surface area (Å²) in [5, 5.41) is 7.91. The lowest BCUT2D eigenvalue weighted by molar-refractivity contribution is 0.661. The van der Waals surface area contributed by atoms with Gasteiger partial charge in [0.05, 0.1) is 5.69 Å². The summed E-state index contributed by atoms with van der Waals surface area (Å²) in [7, 11) is 0. The Morgan fingerprint density at radius 1 is 0.404 bits per heavy atom. The molecule has 2 aliphatic carbocycles. The molecule has 0 saturated carbocycles. The highest BCUT2D eigenvalue weighted by Gasteiger charge is 2.40. The molecular formula is C50H37NS. The van der Waals surface area contributed by atoms with Gasteiger partial charge in [0, 0.05) is 47.8 Å². The van der Waals surface area contributed by atoms with E-state index in [2.05, 4.69) is 184 Å². The maximum Gasteiger partial charge on any atom is 0.0543 e. The van der Waals surface area contributed by atoms with Crippen molar-refractivity contribution >= 4 is 70.1 Å². The lowest BCUT2D eigenvalue weighted by Gasteiger charge is -2.31. The quantitative estimate of drug-likeness (QED) is 0.179. The average molecular weight is 684 g/mol. The molecule has 0 atom stereocenters. The zero-order valence-corrected chi connectivity index (χ0v) is 30.6. The molecule has 52 heavy (non-hydrogen) atoms. The van der Waals surface area contributed by atoms with E-state index in [1.54, 1.807) is 0 Å². The van der Waals surface area contributed by atoms with Crippen LogP contribution in [0.5, 0.6) is 0 Å². The Bertz CT molecular complexity index is 2960. The van der Waals surface area contributed by atoms with Crippen LogP contribution in [0.25, 0.3) is 64.0 Å². The molecule has 1 aromatic heterocycles. The zero-order valence-electron chi connectivity index (χ0n) is 29.8. The fourth-order valence-corrected chi connectivity index (χ4v) is 10.7. The van der Waals surface area contributed by atoms with E-state index in [9.17, 15) is 0 Å². The summed E-state index contributed by atoms with van der Waals surface area (Å²) in [5.41, 5.74) is 14.3. The topological polar surface area (TPSA) is 3.24 Å². The highest BCUT2D eigenvalue weighted by molar-refractivity contribution is 7.25. The van der Waals surface area contributed by atoms with Crippen molar-refractivity contribution < 1.29 is 0 Å². The van der Waals surface area contributed by atoms with E-state index in [0.717, 1.165) is 5.69 Å². The lowest BCUT2D eigenvalue weighted by atomic mass is 9.81. The average Bonchev–Trinajstić information content (AvgIpc) is 3.73. The third-order valence-electron chi connectivity index (χ3n) is 12.2. The largest absolute Gasteiger partial charge is 0.310 e. The summed E-state index contributed by atoms with van der Waals surface area (Å²) in [5.74, 6) is 0. The zero-order chi connectivity index (χ0) is 34.9. The summed E-state index contributed by atoms with van der Waals surface area (Å²) in [4.78, 5) is 2.51. The van der Waals surface area contributed by atoms with Crippen molar-refractivity contribution in [2.24, 2.45) is 0 Å². The molecule has 0 unspecified atom stereocenters. The van der Waals surface area contributed by atoms with Gasteiger partial charge in [-0.2, -0.15) is 0 Å². The molecular weight excluding hydrogens is 647 g/mol. The molecule has 0 amide bonds. The van der Waals surface area contributed by atoms with Crippen LogP contribution in [-0.4, -0.2) is 0 Å². The number of hydrogen-bond acceptors (Lipinski definition) is 2. The smallest absolute Gasteiger partial charge is 0.0543 e. The molecule has 0 bridgehead atoms. The van der Waals surface area contributed by atoms with Crippen LogP contribution in [0.15, 0.2) is 152 Å². The van der Waals surface area contributed by atoms with Crippen molar-refractivity contribution in [1.29, 1.82) is 0 Å². The standard InChI is InChI=1S/C50H37NS/c1-49(2)40-25-22-30-14-8-9-17-33(30)47(40)48-37-20-11-10-18-35(37)44(29-43(48)49)51(31-15-6-5-7-16-31)32-23-24-34-38-28-46-39(36-19-12-13-21-45(36)52-46)27-42(38)50(3,4)41(34)26-32/h5-29H,1-4H3. The van der Waals surface area contributed by atoms with Crippen molar-refractivity contribution in [3.8, 4) is 22.3 Å². The van der Waals surface area contributed by atoms with E-state index in [1.165, 1.54) is 97.6 Å². The van der Waals surface area contributed by atoms with Crippen LogP contribution in [0.2, 0.25) is 0 Å². The van der Waals surface area contributed by atoms with Crippen LogP contribution >= 0.6 is 11.3 Å². The number of anilines is 3. The predicted molar refractivity (Wildman–Crippen MR) is 224 cm³/mol. The van der Waals surface area contributed by atoms with E-state index < -0.39 is 0 Å². The van der Waals surface area contributed by atoms with E-state index in [4.69, 9.17) is 0 Å². The Morgan fingerprint density at radius 2 is 1.06 bits per heavy atom. The number of fused-ring (bicyclic) bond motifs is 13. The van der Waals surface area contributed by atoms with Gasteiger partial charge in [0.25, 0.3) is 0 Å². The molecule has 11 rings (SSSR count). The van der Waals surface area contributed by atoms with Gasteiger partial charge in [0.2, 0.25) is 0 Å². The molecule has 9 aromatic rings. The normalized spacial score (nSPS) is 14.8. The van der Waals surface area contributed by atoms with Gasteiger partial charge in [-0.3, -0.25) is 0 Å². The highest BCUT2D eigenvalue weighted by Crippen LogP contribution is 2.57. The van der Waals surface area contributed by atoms with Gasteiger partial charge in [-0.15, -0.1) is 11.3 Å². The maximum absolute atomic E-state index is 2.51. The van der Waals surface area contributed by atoms with Crippen LogP contribution in [-0.2, 0) is 10.8 Å². The first kappa shape index (κ1) is 30.0. The summed E-state index contributed by atoms with van der Waals surface area (Å²) < 4.78 is 2.72. The molecule has 1 nitrogen and oxygen atoms in total. The number of nitrogens with zero attached hydrogens (tertiary/aromatic N) is 1. The summed E-state index contributed by atoms with van der Waals surface area (Å²) >= 11 is 1.90. The molecule has 0 N–H and O–H groups in total. The molecule has 8 aromatic carbocycles. The van der Waals surface area contributed by atoms with Crippen LogP contribution in [0, 0.1) is 0 Å². The molecule has 1 heterocycles. The number of rotatable bonds is 3. The van der Waals surface area contributed by atoms with Crippen molar-refractivity contribution in [3.63, 3.8) is 0 Å². The first-order chi connectivity index (χ1) is 25.3. The monoisotopic (exact) mass is 683 g/mol. The lowest BCUT2D eigenvalue weighted by Crippen LogP contribution is -2.18. The van der Waals surface area contributed by atoms with E-state index in [-0.39, 0.29) is 10.8 Å². The molecule has 0 saturated heterocycles. The maximum atomic E-state index is 2.51. The molecule has 0 radical (unpaired) electrons. The Labute approximate surface area is 308 Å². The van der Waals surface area contributed by atoms with Gasteiger partial charge in [-0.25, -0.2) is 0 Å². The van der Waals surface area contributed by atoms with Crippen molar-refractivity contribution in [3.05, 3.63) is 174 Å². The summed E-state index contributed by atoms with van der Waals surface area (Å²) in [6.07, 6.45) is 0. The molecule has 2 aliphatic rings. The first-order valence-electron chi connectivity index (χ1n) is 18.4. The van der Waals surface area contributed by atoms with Crippen LogP contribution < -0.4 is 4.90 Å². The van der Waals surface area contributed by atoms with Gasteiger partial charge >= 0.3 is 0 Å². The first-order valence-corrected chi connectivity index (χ1v) is 19.2. The Morgan fingerprint density at radius 3 is 1.88 bits per heavy atom. The number of benzene rings is 8. The van der Waals surface area contributed by atoms with Crippen LogP contribution in [0.3, 0.4) is 0 Å². The minimum Gasteiger partial charge on any atom is -0.310 e. The summed E-state index contributed by atoms with van der Waals surface area (Å²) in [6.45, 7) is 9.62. The summed E-state index contributed by atoms with van der Waals surface area (Å²) in [6, 6.07) is 57.0. The van der Waals surface area contributed by atoms with E-state index in [0.29, 0.717) is 0 Å². The Balaban J connectivity index is 1.15. The molecule has 0 spiro atoms. The molecule has 0 fully saturated rings. The second kappa shape index (κ2) is 10.4. The fourth-order valence-electron chi connectivity index (χ4n) is 9.59. The van der Waals surface area contributed by atoms with Crippen LogP contribution in [0.1, 0.15) is 49.9 Å². The van der Waals surface area contributed by atoms with E-state index in [1.807, 2.05) is 11.3 Å². The molecule has 2 heteroatoms. The van der Waals surface area contributed by atoms with E-state index >= 15 is 0 Å².